The first-order valence-electron chi connectivity index (χ1n) is 6.96. The predicted molar refractivity (Wildman–Crippen MR) is 90.6 cm³/mol. The zero-order valence-electron chi connectivity index (χ0n) is 12.4. The summed E-state index contributed by atoms with van der Waals surface area (Å²) < 4.78 is 1.52. The van der Waals surface area contributed by atoms with E-state index in [1.165, 1.54) is 4.68 Å². The van der Waals surface area contributed by atoms with Gasteiger partial charge in [-0.05, 0) is 38.1 Å². The van der Waals surface area contributed by atoms with E-state index in [2.05, 4.69) is 10.4 Å². The van der Waals surface area contributed by atoms with Crippen molar-refractivity contribution in [1.29, 1.82) is 0 Å². The molecule has 0 fully saturated rings. The highest BCUT2D eigenvalue weighted by molar-refractivity contribution is 6.33. The molecule has 0 aliphatic rings. The minimum atomic E-state index is -0.0848. The van der Waals surface area contributed by atoms with Crippen LogP contribution in [0.5, 0.6) is 0 Å². The molecule has 1 heterocycles. The molecular formula is C17H16ClN3O. The van der Waals surface area contributed by atoms with Crippen molar-refractivity contribution >= 4 is 23.1 Å². The molecule has 22 heavy (non-hydrogen) atoms. The van der Waals surface area contributed by atoms with Crippen molar-refractivity contribution in [2.24, 2.45) is 0 Å². The van der Waals surface area contributed by atoms with Gasteiger partial charge >= 0.3 is 0 Å². The lowest BCUT2D eigenvalue weighted by atomic mass is 10.2. The minimum absolute atomic E-state index is 0.0848. The van der Waals surface area contributed by atoms with E-state index in [0.717, 1.165) is 16.9 Å². The summed E-state index contributed by atoms with van der Waals surface area (Å²) in [5, 5.41) is 6.87. The van der Waals surface area contributed by atoms with Gasteiger partial charge in [-0.15, -0.1) is 0 Å². The summed E-state index contributed by atoms with van der Waals surface area (Å²) in [5.74, 6) is 0.638. The largest absolute Gasteiger partial charge is 0.339 e. The van der Waals surface area contributed by atoms with Crippen LogP contribution in [-0.2, 0) is 0 Å². The van der Waals surface area contributed by atoms with Gasteiger partial charge in [0.15, 0.2) is 0 Å². The minimum Gasteiger partial charge on any atom is -0.339 e. The second kappa shape index (κ2) is 5.73. The first kappa shape index (κ1) is 14.5. The summed E-state index contributed by atoms with van der Waals surface area (Å²) in [6.45, 7) is 3.79. The average molecular weight is 314 g/mol. The highest BCUT2D eigenvalue weighted by atomic mass is 35.5. The van der Waals surface area contributed by atoms with Gasteiger partial charge < -0.3 is 5.32 Å². The van der Waals surface area contributed by atoms with Crippen molar-refractivity contribution in [3.63, 3.8) is 0 Å². The molecule has 3 rings (SSSR count). The molecular weight excluding hydrogens is 298 g/mol. The summed E-state index contributed by atoms with van der Waals surface area (Å²) in [5.41, 5.74) is 3.23. The molecule has 0 aliphatic heterocycles. The van der Waals surface area contributed by atoms with Crippen LogP contribution in [0.1, 0.15) is 11.1 Å². The molecule has 1 aromatic heterocycles. The third kappa shape index (κ3) is 2.65. The van der Waals surface area contributed by atoms with E-state index in [1.54, 1.807) is 13.0 Å². The van der Waals surface area contributed by atoms with Crippen LogP contribution in [0, 0.1) is 13.8 Å². The number of halogens is 1. The average Bonchev–Trinajstić information content (AvgIpc) is 2.79. The van der Waals surface area contributed by atoms with Gasteiger partial charge in [-0.25, -0.2) is 4.68 Å². The molecule has 0 saturated heterocycles. The summed E-state index contributed by atoms with van der Waals surface area (Å²) in [7, 11) is 0. The Morgan fingerprint density at radius 3 is 2.41 bits per heavy atom. The zero-order chi connectivity index (χ0) is 15.7. The van der Waals surface area contributed by atoms with Crippen LogP contribution < -0.4 is 10.9 Å². The molecule has 0 saturated carbocycles. The third-order valence-corrected chi connectivity index (χ3v) is 3.88. The van der Waals surface area contributed by atoms with Gasteiger partial charge in [0.2, 0.25) is 0 Å². The van der Waals surface area contributed by atoms with Crippen molar-refractivity contribution in [3.8, 4) is 5.69 Å². The fourth-order valence-corrected chi connectivity index (χ4v) is 2.40. The molecule has 4 nitrogen and oxygen atoms in total. The molecule has 2 N–H and O–H groups in total. The quantitative estimate of drug-likeness (QED) is 0.762. The van der Waals surface area contributed by atoms with E-state index < -0.39 is 0 Å². The lowest BCUT2D eigenvalue weighted by Crippen LogP contribution is -2.15. The van der Waals surface area contributed by atoms with Crippen LogP contribution in [0.15, 0.2) is 53.3 Å². The van der Waals surface area contributed by atoms with Gasteiger partial charge in [0, 0.05) is 0 Å². The van der Waals surface area contributed by atoms with Crippen LogP contribution in [0.2, 0.25) is 5.02 Å². The summed E-state index contributed by atoms with van der Waals surface area (Å²) >= 11 is 6.15. The molecule has 0 unspecified atom stereocenters. The van der Waals surface area contributed by atoms with Crippen molar-refractivity contribution in [1.82, 2.24) is 9.78 Å². The summed E-state index contributed by atoms with van der Waals surface area (Å²) in [6, 6.07) is 15.2. The topological polar surface area (TPSA) is 49.8 Å². The summed E-state index contributed by atoms with van der Waals surface area (Å²) in [4.78, 5) is 12.4. The molecule has 3 aromatic rings. The predicted octanol–water partition coefficient (Wildman–Crippen LogP) is 4.18. The number of aromatic amines is 1. The molecule has 0 amide bonds. The number of hydrogen-bond donors (Lipinski definition) is 2. The maximum absolute atomic E-state index is 12.4. The Balaban J connectivity index is 2.01. The van der Waals surface area contributed by atoms with Crippen LogP contribution >= 0.6 is 11.6 Å². The Hall–Kier alpha value is -2.46. The first-order chi connectivity index (χ1) is 10.6. The molecule has 0 aliphatic carbocycles. The van der Waals surface area contributed by atoms with E-state index >= 15 is 0 Å². The number of aromatic nitrogens is 2. The van der Waals surface area contributed by atoms with Gasteiger partial charge in [0.1, 0.15) is 5.82 Å². The van der Waals surface area contributed by atoms with E-state index in [9.17, 15) is 4.79 Å². The number of hydrogen-bond acceptors (Lipinski definition) is 2. The number of nitrogens with one attached hydrogen (secondary N) is 2. The second-order valence-corrected chi connectivity index (χ2v) is 5.60. The molecule has 0 spiro atoms. The fraction of sp³-hybridized carbons (Fsp3) is 0.118. The maximum atomic E-state index is 12.4. The number of benzene rings is 2. The molecule has 0 atom stereocenters. The first-order valence-corrected chi connectivity index (χ1v) is 7.34. The van der Waals surface area contributed by atoms with Gasteiger partial charge in [0.05, 0.1) is 22.0 Å². The van der Waals surface area contributed by atoms with Crippen LogP contribution in [0.4, 0.5) is 11.5 Å². The Morgan fingerprint density at radius 2 is 1.73 bits per heavy atom. The standard InChI is InChI=1S/C17H16ClN3O/c1-11-7-9-13(10-8-11)21-17(22)12(2)16(20-21)19-15-6-4-3-5-14(15)18/h3-10,19-20H,1-2H3. The highest BCUT2D eigenvalue weighted by Gasteiger charge is 2.12. The van der Waals surface area contributed by atoms with E-state index in [1.807, 2.05) is 49.4 Å². The Labute approximate surface area is 133 Å². The molecule has 112 valence electrons. The van der Waals surface area contributed by atoms with Crippen molar-refractivity contribution < 1.29 is 0 Å². The van der Waals surface area contributed by atoms with Crippen LogP contribution in [0.25, 0.3) is 5.69 Å². The smallest absolute Gasteiger partial charge is 0.276 e. The number of nitrogens with zero attached hydrogens (tertiary/aromatic N) is 1. The van der Waals surface area contributed by atoms with Gasteiger partial charge in [-0.3, -0.25) is 9.89 Å². The fourth-order valence-electron chi connectivity index (χ4n) is 2.22. The van der Waals surface area contributed by atoms with Crippen molar-refractivity contribution in [3.05, 3.63) is 75.0 Å². The number of aryl methyl sites for hydroxylation is 1. The van der Waals surface area contributed by atoms with E-state index in [-0.39, 0.29) is 5.56 Å². The van der Waals surface area contributed by atoms with Gasteiger partial charge in [-0.1, -0.05) is 41.4 Å². The Morgan fingerprint density at radius 1 is 1.05 bits per heavy atom. The number of anilines is 2. The Kier molecular flexibility index (Phi) is 3.77. The molecule has 5 heteroatoms. The molecule has 0 bridgehead atoms. The monoisotopic (exact) mass is 313 g/mol. The maximum Gasteiger partial charge on any atom is 0.276 e. The number of para-hydroxylation sites is 1. The van der Waals surface area contributed by atoms with Gasteiger partial charge in [-0.2, -0.15) is 0 Å². The lowest BCUT2D eigenvalue weighted by molar-refractivity contribution is 0.850. The van der Waals surface area contributed by atoms with E-state index in [0.29, 0.717) is 16.4 Å². The molecule has 0 radical (unpaired) electrons. The normalized spacial score (nSPS) is 10.7. The van der Waals surface area contributed by atoms with Crippen molar-refractivity contribution in [2.45, 2.75) is 13.8 Å². The van der Waals surface area contributed by atoms with Crippen molar-refractivity contribution in [2.75, 3.05) is 5.32 Å². The third-order valence-electron chi connectivity index (χ3n) is 3.55. The van der Waals surface area contributed by atoms with Gasteiger partial charge in [0.25, 0.3) is 5.56 Å². The van der Waals surface area contributed by atoms with Crippen LogP contribution in [-0.4, -0.2) is 9.78 Å². The van der Waals surface area contributed by atoms with E-state index in [4.69, 9.17) is 11.6 Å². The lowest BCUT2D eigenvalue weighted by Gasteiger charge is -2.07. The second-order valence-electron chi connectivity index (χ2n) is 5.19. The number of rotatable bonds is 3. The molecule has 2 aromatic carbocycles. The number of H-pyrrole nitrogens is 1. The highest BCUT2D eigenvalue weighted by Crippen LogP contribution is 2.25. The zero-order valence-corrected chi connectivity index (χ0v) is 13.1. The SMILES string of the molecule is Cc1ccc(-n2[nH]c(Nc3ccccc3Cl)c(C)c2=O)cc1. The Bertz CT molecular complexity index is 862. The summed E-state index contributed by atoms with van der Waals surface area (Å²) in [6.07, 6.45) is 0. The van der Waals surface area contributed by atoms with Crippen LogP contribution in [0.3, 0.4) is 0 Å².